The highest BCUT2D eigenvalue weighted by Gasteiger charge is 2.15. The van der Waals surface area contributed by atoms with E-state index in [9.17, 15) is 9.59 Å². The van der Waals surface area contributed by atoms with Crippen molar-refractivity contribution in [3.05, 3.63) is 23.4 Å². The SMILES string of the molecule is Cc1cc(CN)cnc1N(CC(N)=O)CC(N)=O. The minimum Gasteiger partial charge on any atom is -0.368 e. The summed E-state index contributed by atoms with van der Waals surface area (Å²) in [5.74, 6) is -0.606. The monoisotopic (exact) mass is 251 g/mol. The first-order valence-electron chi connectivity index (χ1n) is 5.41. The molecule has 0 radical (unpaired) electrons. The summed E-state index contributed by atoms with van der Waals surface area (Å²) in [6.07, 6.45) is 1.59. The van der Waals surface area contributed by atoms with Crippen molar-refractivity contribution < 1.29 is 9.59 Å². The van der Waals surface area contributed by atoms with Crippen LogP contribution in [0.2, 0.25) is 0 Å². The average Bonchev–Trinajstić information content (AvgIpc) is 2.26. The first-order valence-corrected chi connectivity index (χ1v) is 5.41. The Balaban J connectivity index is 3.03. The first-order chi connectivity index (χ1) is 8.43. The second-order valence-corrected chi connectivity index (χ2v) is 3.98. The van der Waals surface area contributed by atoms with Crippen molar-refractivity contribution in [3.8, 4) is 0 Å². The third kappa shape index (κ3) is 3.70. The smallest absolute Gasteiger partial charge is 0.237 e. The van der Waals surface area contributed by atoms with Crippen LogP contribution in [0.5, 0.6) is 0 Å². The number of hydrogen-bond donors (Lipinski definition) is 3. The summed E-state index contributed by atoms with van der Waals surface area (Å²) in [7, 11) is 0. The molecule has 0 aliphatic heterocycles. The number of carbonyl (C=O) groups is 2. The van der Waals surface area contributed by atoms with Crippen molar-refractivity contribution in [2.45, 2.75) is 13.5 Å². The number of hydrogen-bond acceptors (Lipinski definition) is 5. The van der Waals surface area contributed by atoms with Gasteiger partial charge in [-0.1, -0.05) is 0 Å². The van der Waals surface area contributed by atoms with Crippen molar-refractivity contribution in [2.75, 3.05) is 18.0 Å². The summed E-state index contributed by atoms with van der Waals surface area (Å²) < 4.78 is 0. The highest BCUT2D eigenvalue weighted by Crippen LogP contribution is 2.17. The van der Waals surface area contributed by atoms with E-state index in [0.717, 1.165) is 11.1 Å². The topological polar surface area (TPSA) is 128 Å². The molecule has 6 N–H and O–H groups in total. The van der Waals surface area contributed by atoms with Gasteiger partial charge in [0.15, 0.2) is 0 Å². The lowest BCUT2D eigenvalue weighted by Crippen LogP contribution is -2.40. The van der Waals surface area contributed by atoms with Crippen LogP contribution in [-0.2, 0) is 16.1 Å². The van der Waals surface area contributed by atoms with Gasteiger partial charge in [0, 0.05) is 12.7 Å². The molecule has 0 saturated heterocycles. The van der Waals surface area contributed by atoms with Gasteiger partial charge in [0.05, 0.1) is 13.1 Å². The zero-order valence-electron chi connectivity index (χ0n) is 10.2. The van der Waals surface area contributed by atoms with E-state index in [0.29, 0.717) is 12.4 Å². The van der Waals surface area contributed by atoms with E-state index < -0.39 is 11.8 Å². The van der Waals surface area contributed by atoms with Gasteiger partial charge in [0.2, 0.25) is 11.8 Å². The minimum atomic E-state index is -0.555. The standard InChI is InChI=1S/C11H17N5O2/c1-7-2-8(3-12)4-15-11(7)16(5-9(13)17)6-10(14)18/h2,4H,3,5-6,12H2,1H3,(H2,13,17)(H2,14,18). The highest BCUT2D eigenvalue weighted by molar-refractivity contribution is 5.84. The Morgan fingerprint density at radius 3 is 2.22 bits per heavy atom. The van der Waals surface area contributed by atoms with Gasteiger partial charge < -0.3 is 22.1 Å². The Bertz CT molecular complexity index is 445. The zero-order chi connectivity index (χ0) is 13.7. The molecule has 18 heavy (non-hydrogen) atoms. The molecule has 7 nitrogen and oxygen atoms in total. The normalized spacial score (nSPS) is 10.1. The summed E-state index contributed by atoms with van der Waals surface area (Å²) in [5.41, 5.74) is 17.4. The Morgan fingerprint density at radius 1 is 1.28 bits per heavy atom. The molecule has 98 valence electrons. The number of anilines is 1. The number of rotatable bonds is 6. The fraction of sp³-hybridized carbons (Fsp3) is 0.364. The van der Waals surface area contributed by atoms with E-state index in [1.165, 1.54) is 4.90 Å². The van der Waals surface area contributed by atoms with Gasteiger partial charge >= 0.3 is 0 Å². The Hall–Kier alpha value is -2.15. The van der Waals surface area contributed by atoms with E-state index in [4.69, 9.17) is 17.2 Å². The van der Waals surface area contributed by atoms with Gasteiger partial charge in [-0.25, -0.2) is 4.98 Å². The lowest BCUT2D eigenvalue weighted by molar-refractivity contribution is -0.117. The number of carbonyl (C=O) groups excluding carboxylic acids is 2. The molecular weight excluding hydrogens is 234 g/mol. The van der Waals surface area contributed by atoms with E-state index in [-0.39, 0.29) is 13.1 Å². The maximum Gasteiger partial charge on any atom is 0.237 e. The number of primary amides is 2. The van der Waals surface area contributed by atoms with Gasteiger partial charge in [-0.2, -0.15) is 0 Å². The third-order valence-corrected chi connectivity index (χ3v) is 2.34. The molecule has 0 spiro atoms. The molecule has 0 aromatic carbocycles. The van der Waals surface area contributed by atoms with Crippen LogP contribution in [0.3, 0.4) is 0 Å². The van der Waals surface area contributed by atoms with Crippen molar-refractivity contribution in [3.63, 3.8) is 0 Å². The maximum absolute atomic E-state index is 11.0. The predicted octanol–water partition coefficient (Wildman–Crippen LogP) is -1.37. The van der Waals surface area contributed by atoms with Gasteiger partial charge in [0.1, 0.15) is 5.82 Å². The van der Waals surface area contributed by atoms with E-state index in [1.54, 1.807) is 6.20 Å². The number of aromatic nitrogens is 1. The molecule has 0 fully saturated rings. The lowest BCUT2D eigenvalue weighted by atomic mass is 10.2. The number of pyridine rings is 1. The van der Waals surface area contributed by atoms with Gasteiger partial charge in [-0.15, -0.1) is 0 Å². The third-order valence-electron chi connectivity index (χ3n) is 2.34. The van der Waals surface area contributed by atoms with Crippen molar-refractivity contribution in [2.24, 2.45) is 17.2 Å². The quantitative estimate of drug-likeness (QED) is 0.574. The molecule has 7 heteroatoms. The second kappa shape index (κ2) is 5.97. The minimum absolute atomic E-state index is 0.112. The van der Waals surface area contributed by atoms with Crippen LogP contribution < -0.4 is 22.1 Å². The number of aryl methyl sites for hydroxylation is 1. The number of nitrogens with zero attached hydrogens (tertiary/aromatic N) is 2. The maximum atomic E-state index is 11.0. The van der Waals surface area contributed by atoms with E-state index in [2.05, 4.69) is 4.98 Å². The largest absolute Gasteiger partial charge is 0.368 e. The fourth-order valence-corrected chi connectivity index (χ4v) is 1.65. The van der Waals surface area contributed by atoms with Crippen LogP contribution in [0.4, 0.5) is 5.82 Å². The molecule has 0 aliphatic rings. The molecule has 2 amide bonds. The zero-order valence-corrected chi connectivity index (χ0v) is 10.2. The highest BCUT2D eigenvalue weighted by atomic mass is 16.2. The number of amides is 2. The molecular formula is C11H17N5O2. The lowest BCUT2D eigenvalue weighted by Gasteiger charge is -2.22. The molecule has 0 bridgehead atoms. The van der Waals surface area contributed by atoms with Crippen molar-refractivity contribution in [1.29, 1.82) is 0 Å². The van der Waals surface area contributed by atoms with Crippen molar-refractivity contribution >= 4 is 17.6 Å². The summed E-state index contributed by atoms with van der Waals surface area (Å²) >= 11 is 0. The molecule has 1 heterocycles. The molecule has 0 atom stereocenters. The summed E-state index contributed by atoms with van der Waals surface area (Å²) in [6.45, 7) is 1.97. The number of nitrogens with two attached hydrogens (primary N) is 3. The van der Waals surface area contributed by atoms with Crippen molar-refractivity contribution in [1.82, 2.24) is 4.98 Å². The van der Waals surface area contributed by atoms with Crippen LogP contribution in [0, 0.1) is 6.92 Å². The Kier molecular flexibility index (Phi) is 4.61. The van der Waals surface area contributed by atoms with Crippen LogP contribution in [-0.4, -0.2) is 29.9 Å². The molecule has 0 unspecified atom stereocenters. The Labute approximate surface area is 105 Å². The Morgan fingerprint density at radius 2 is 1.83 bits per heavy atom. The molecule has 1 rings (SSSR count). The second-order valence-electron chi connectivity index (χ2n) is 3.98. The molecule has 1 aromatic rings. The summed E-state index contributed by atoms with van der Waals surface area (Å²) in [5, 5.41) is 0. The van der Waals surface area contributed by atoms with Crippen LogP contribution in [0.1, 0.15) is 11.1 Å². The van der Waals surface area contributed by atoms with Gasteiger partial charge in [-0.3, -0.25) is 9.59 Å². The van der Waals surface area contributed by atoms with Gasteiger partial charge in [0.25, 0.3) is 0 Å². The van der Waals surface area contributed by atoms with Gasteiger partial charge in [-0.05, 0) is 24.1 Å². The molecule has 0 aliphatic carbocycles. The summed E-state index contributed by atoms with van der Waals surface area (Å²) in [4.78, 5) is 27.6. The summed E-state index contributed by atoms with van der Waals surface area (Å²) in [6, 6.07) is 1.84. The fourth-order valence-electron chi connectivity index (χ4n) is 1.65. The van der Waals surface area contributed by atoms with Crippen LogP contribution in [0.25, 0.3) is 0 Å². The predicted molar refractivity (Wildman–Crippen MR) is 67.5 cm³/mol. The van der Waals surface area contributed by atoms with Crippen LogP contribution in [0.15, 0.2) is 12.3 Å². The van der Waals surface area contributed by atoms with E-state index >= 15 is 0 Å². The molecule has 1 aromatic heterocycles. The molecule has 0 saturated carbocycles. The first kappa shape index (κ1) is 13.9. The average molecular weight is 251 g/mol. The van der Waals surface area contributed by atoms with E-state index in [1.807, 2.05) is 13.0 Å². The van der Waals surface area contributed by atoms with Crippen LogP contribution >= 0.6 is 0 Å².